The Morgan fingerprint density at radius 1 is 0.950 bits per heavy atom. The molecule has 1 aromatic carbocycles. The molecule has 0 aromatic heterocycles. The molecule has 0 amide bonds. The van der Waals surface area contributed by atoms with E-state index in [1.807, 2.05) is 0 Å². The molecular weight excluding hydrogens is 242 g/mol. The highest BCUT2D eigenvalue weighted by molar-refractivity contribution is 5.25. The van der Waals surface area contributed by atoms with Crippen molar-refractivity contribution in [1.29, 1.82) is 0 Å². The van der Waals surface area contributed by atoms with Crippen LogP contribution in [-0.2, 0) is 6.42 Å². The lowest BCUT2D eigenvalue weighted by Gasteiger charge is -2.30. The van der Waals surface area contributed by atoms with Crippen LogP contribution < -0.4 is 5.32 Å². The first-order valence-corrected chi connectivity index (χ1v) is 8.67. The molecule has 0 saturated heterocycles. The summed E-state index contributed by atoms with van der Waals surface area (Å²) in [5, 5.41) is 3.75. The van der Waals surface area contributed by atoms with Crippen LogP contribution in [0, 0.1) is 5.92 Å². The number of aryl methyl sites for hydroxylation is 1. The Hall–Kier alpha value is -0.820. The summed E-state index contributed by atoms with van der Waals surface area (Å²) in [7, 11) is 0. The van der Waals surface area contributed by atoms with Crippen LogP contribution >= 0.6 is 0 Å². The van der Waals surface area contributed by atoms with Gasteiger partial charge in [-0.3, -0.25) is 0 Å². The maximum atomic E-state index is 3.75. The number of hydrogen-bond donors (Lipinski definition) is 1. The SMILES string of the molecule is CCNC(c1ccc(CC)cc1)C1CCCCCCC1. The first-order valence-electron chi connectivity index (χ1n) is 8.67. The number of hydrogen-bond acceptors (Lipinski definition) is 1. The molecule has 1 aliphatic carbocycles. The summed E-state index contributed by atoms with van der Waals surface area (Å²) in [6, 6.07) is 9.88. The third kappa shape index (κ3) is 4.34. The van der Waals surface area contributed by atoms with Crippen LogP contribution in [-0.4, -0.2) is 6.54 Å². The smallest absolute Gasteiger partial charge is 0.0348 e. The van der Waals surface area contributed by atoms with E-state index in [1.165, 1.54) is 56.1 Å². The van der Waals surface area contributed by atoms with Crippen molar-refractivity contribution in [2.75, 3.05) is 6.54 Å². The average molecular weight is 273 g/mol. The zero-order valence-corrected chi connectivity index (χ0v) is 13.3. The molecule has 2 rings (SSSR count). The van der Waals surface area contributed by atoms with Gasteiger partial charge >= 0.3 is 0 Å². The Balaban J connectivity index is 2.10. The van der Waals surface area contributed by atoms with Crippen molar-refractivity contribution < 1.29 is 0 Å². The van der Waals surface area contributed by atoms with Crippen molar-refractivity contribution >= 4 is 0 Å². The Morgan fingerprint density at radius 2 is 1.55 bits per heavy atom. The standard InChI is InChI=1S/C19H31N/c1-3-16-12-14-18(15-13-16)19(20-4-2)17-10-8-6-5-7-9-11-17/h12-15,17,19-20H,3-11H2,1-2H3. The number of benzene rings is 1. The Kier molecular flexibility index (Phi) is 6.59. The molecule has 1 fully saturated rings. The lowest BCUT2D eigenvalue weighted by atomic mass is 9.82. The molecule has 1 atom stereocenters. The molecular formula is C19H31N. The Morgan fingerprint density at radius 3 is 2.10 bits per heavy atom. The van der Waals surface area contributed by atoms with Crippen LogP contribution in [0.4, 0.5) is 0 Å². The lowest BCUT2D eigenvalue weighted by Crippen LogP contribution is -2.28. The van der Waals surface area contributed by atoms with Crippen LogP contribution in [0.2, 0.25) is 0 Å². The van der Waals surface area contributed by atoms with E-state index in [1.54, 1.807) is 0 Å². The second-order valence-electron chi connectivity index (χ2n) is 6.24. The van der Waals surface area contributed by atoms with Gasteiger partial charge < -0.3 is 5.32 Å². The predicted octanol–water partition coefficient (Wildman–Crippen LogP) is 5.26. The first kappa shape index (κ1) is 15.6. The van der Waals surface area contributed by atoms with E-state index in [-0.39, 0.29) is 0 Å². The van der Waals surface area contributed by atoms with Crippen LogP contribution in [0.15, 0.2) is 24.3 Å². The molecule has 0 radical (unpaired) electrons. The van der Waals surface area contributed by atoms with Gasteiger partial charge in [0, 0.05) is 6.04 Å². The van der Waals surface area contributed by atoms with E-state index in [4.69, 9.17) is 0 Å². The van der Waals surface area contributed by atoms with E-state index in [0.29, 0.717) is 6.04 Å². The van der Waals surface area contributed by atoms with E-state index < -0.39 is 0 Å². The zero-order chi connectivity index (χ0) is 14.2. The van der Waals surface area contributed by atoms with Gasteiger partial charge in [-0.15, -0.1) is 0 Å². The summed E-state index contributed by atoms with van der Waals surface area (Å²) < 4.78 is 0. The topological polar surface area (TPSA) is 12.0 Å². The largest absolute Gasteiger partial charge is 0.310 e. The molecule has 0 bridgehead atoms. The van der Waals surface area contributed by atoms with Crippen molar-refractivity contribution in [2.24, 2.45) is 5.92 Å². The third-order valence-electron chi connectivity index (χ3n) is 4.79. The summed E-state index contributed by atoms with van der Waals surface area (Å²) in [5.74, 6) is 0.822. The molecule has 112 valence electrons. The molecule has 20 heavy (non-hydrogen) atoms. The molecule has 0 aliphatic heterocycles. The summed E-state index contributed by atoms with van der Waals surface area (Å²) in [4.78, 5) is 0. The lowest BCUT2D eigenvalue weighted by molar-refractivity contribution is 0.291. The molecule has 1 nitrogen and oxygen atoms in total. The molecule has 1 N–H and O–H groups in total. The summed E-state index contributed by atoms with van der Waals surface area (Å²) in [5.41, 5.74) is 2.94. The maximum Gasteiger partial charge on any atom is 0.0348 e. The van der Waals surface area contributed by atoms with E-state index >= 15 is 0 Å². The van der Waals surface area contributed by atoms with Crippen molar-refractivity contribution in [3.8, 4) is 0 Å². The molecule has 1 heteroatoms. The second-order valence-corrected chi connectivity index (χ2v) is 6.24. The van der Waals surface area contributed by atoms with Gasteiger partial charge in [-0.2, -0.15) is 0 Å². The van der Waals surface area contributed by atoms with Crippen molar-refractivity contribution in [3.05, 3.63) is 35.4 Å². The average Bonchev–Trinajstić information content (AvgIpc) is 2.45. The maximum absolute atomic E-state index is 3.75. The van der Waals surface area contributed by atoms with Gasteiger partial charge in [-0.1, -0.05) is 70.2 Å². The van der Waals surface area contributed by atoms with Gasteiger partial charge in [-0.05, 0) is 42.9 Å². The molecule has 1 aromatic rings. The Labute approximate surface area is 125 Å². The molecule has 0 spiro atoms. The van der Waals surface area contributed by atoms with E-state index in [2.05, 4.69) is 43.4 Å². The van der Waals surface area contributed by atoms with Gasteiger partial charge in [0.1, 0.15) is 0 Å². The van der Waals surface area contributed by atoms with Gasteiger partial charge in [0.05, 0.1) is 0 Å². The molecule has 1 aliphatic rings. The fourth-order valence-corrected chi connectivity index (χ4v) is 3.56. The van der Waals surface area contributed by atoms with Gasteiger partial charge in [-0.25, -0.2) is 0 Å². The van der Waals surface area contributed by atoms with Crippen LogP contribution in [0.3, 0.4) is 0 Å². The highest BCUT2D eigenvalue weighted by atomic mass is 14.9. The zero-order valence-electron chi connectivity index (χ0n) is 13.3. The fraction of sp³-hybridized carbons (Fsp3) is 0.684. The molecule has 1 unspecified atom stereocenters. The van der Waals surface area contributed by atoms with Crippen LogP contribution in [0.5, 0.6) is 0 Å². The van der Waals surface area contributed by atoms with Crippen LogP contribution in [0.25, 0.3) is 0 Å². The van der Waals surface area contributed by atoms with Gasteiger partial charge in [0.25, 0.3) is 0 Å². The highest BCUT2D eigenvalue weighted by Gasteiger charge is 2.22. The van der Waals surface area contributed by atoms with Crippen molar-refractivity contribution in [2.45, 2.75) is 71.3 Å². The molecule has 1 saturated carbocycles. The monoisotopic (exact) mass is 273 g/mol. The van der Waals surface area contributed by atoms with E-state index in [9.17, 15) is 0 Å². The quantitative estimate of drug-likeness (QED) is 0.771. The highest BCUT2D eigenvalue weighted by Crippen LogP contribution is 2.33. The minimum atomic E-state index is 0.559. The predicted molar refractivity (Wildman–Crippen MR) is 88.0 cm³/mol. The summed E-state index contributed by atoms with van der Waals surface area (Å²) >= 11 is 0. The second kappa shape index (κ2) is 8.46. The minimum absolute atomic E-state index is 0.559. The minimum Gasteiger partial charge on any atom is -0.310 e. The first-order chi connectivity index (χ1) is 9.85. The number of rotatable bonds is 5. The normalized spacial score (nSPS) is 19.3. The Bertz CT molecular complexity index is 360. The van der Waals surface area contributed by atoms with Crippen LogP contribution in [0.1, 0.15) is 76.0 Å². The van der Waals surface area contributed by atoms with Gasteiger partial charge in [0.15, 0.2) is 0 Å². The summed E-state index contributed by atoms with van der Waals surface area (Å²) in [6.07, 6.45) is 11.1. The van der Waals surface area contributed by atoms with Crippen molar-refractivity contribution in [1.82, 2.24) is 5.32 Å². The number of nitrogens with one attached hydrogen (secondary N) is 1. The fourth-order valence-electron chi connectivity index (χ4n) is 3.56. The van der Waals surface area contributed by atoms with E-state index in [0.717, 1.165) is 18.9 Å². The van der Waals surface area contributed by atoms with Gasteiger partial charge in [0.2, 0.25) is 0 Å². The molecule has 0 heterocycles. The third-order valence-corrected chi connectivity index (χ3v) is 4.79. The van der Waals surface area contributed by atoms with Crippen molar-refractivity contribution in [3.63, 3.8) is 0 Å². The summed E-state index contributed by atoms with van der Waals surface area (Å²) in [6.45, 7) is 5.53.